The number of aliphatic hydroxyl groups excluding tert-OH is 1. The number of rotatable bonds is 11. The summed E-state index contributed by atoms with van der Waals surface area (Å²) in [5.41, 5.74) is 6.62. The first-order valence-corrected chi connectivity index (χ1v) is 12.6. The van der Waals surface area contributed by atoms with E-state index in [0.29, 0.717) is 39.6 Å². The molecule has 3 aromatic rings. The summed E-state index contributed by atoms with van der Waals surface area (Å²) in [4.78, 5) is 17.6. The van der Waals surface area contributed by atoms with Crippen LogP contribution in [0.3, 0.4) is 0 Å². The Morgan fingerprint density at radius 1 is 1.13 bits per heavy atom. The lowest BCUT2D eigenvalue weighted by Crippen LogP contribution is -2.31. The molecule has 0 aliphatic rings. The molecule has 2 aromatic carbocycles. The standard InChI is InChI=1S/C29H34ClFN2O5/c1-17(34)16-38-25-9-7-19(13-26(25)37-5)24(35)10-11-29(4,36)27-15-20(28(2,3)32)14-23(33-27)18-6-8-22(31)21(30)12-18/h6-9,12-15,17,34,36H,10-11,16,32H2,1-5H3/t17-,29?/m1/s1. The maximum atomic E-state index is 13.7. The van der Waals surface area contributed by atoms with Crippen LogP contribution in [0.15, 0.2) is 48.5 Å². The van der Waals surface area contributed by atoms with E-state index in [1.165, 1.54) is 19.2 Å². The molecule has 0 fully saturated rings. The quantitative estimate of drug-likeness (QED) is 0.278. The second-order valence-corrected chi connectivity index (χ2v) is 10.6. The molecule has 7 nitrogen and oxygen atoms in total. The summed E-state index contributed by atoms with van der Waals surface area (Å²) in [5, 5.41) is 20.8. The number of nitrogens with two attached hydrogens (primary N) is 1. The van der Waals surface area contributed by atoms with Crippen LogP contribution in [0, 0.1) is 5.82 Å². The van der Waals surface area contributed by atoms with E-state index < -0.39 is 23.1 Å². The lowest BCUT2D eigenvalue weighted by molar-refractivity contribution is 0.0396. The number of ether oxygens (including phenoxy) is 2. The van der Waals surface area contributed by atoms with E-state index in [4.69, 9.17) is 26.8 Å². The summed E-state index contributed by atoms with van der Waals surface area (Å²) in [6.45, 7) is 6.93. The zero-order chi connectivity index (χ0) is 28.3. The first kappa shape index (κ1) is 29.5. The molecular weight excluding hydrogens is 511 g/mol. The molecule has 3 rings (SSSR count). The Morgan fingerprint density at radius 2 is 1.84 bits per heavy atom. The van der Waals surface area contributed by atoms with Gasteiger partial charge >= 0.3 is 0 Å². The zero-order valence-corrected chi connectivity index (χ0v) is 23.0. The number of halogens is 2. The van der Waals surface area contributed by atoms with Crippen molar-refractivity contribution < 1.29 is 28.9 Å². The van der Waals surface area contributed by atoms with E-state index in [1.807, 2.05) is 13.8 Å². The van der Waals surface area contributed by atoms with Gasteiger partial charge in [0, 0.05) is 23.1 Å². The van der Waals surface area contributed by atoms with Gasteiger partial charge in [0.15, 0.2) is 17.3 Å². The maximum absolute atomic E-state index is 13.7. The topological polar surface area (TPSA) is 115 Å². The van der Waals surface area contributed by atoms with Crippen molar-refractivity contribution in [1.29, 1.82) is 0 Å². The summed E-state index contributed by atoms with van der Waals surface area (Å²) >= 11 is 5.99. The molecule has 0 saturated carbocycles. The Balaban J connectivity index is 1.86. The predicted molar refractivity (Wildman–Crippen MR) is 145 cm³/mol. The van der Waals surface area contributed by atoms with Crippen molar-refractivity contribution in [2.24, 2.45) is 5.73 Å². The molecule has 1 unspecified atom stereocenters. The molecule has 0 radical (unpaired) electrons. The number of hydrogen-bond donors (Lipinski definition) is 3. The Labute approximate surface area is 227 Å². The Bertz CT molecular complexity index is 1300. The van der Waals surface area contributed by atoms with Crippen LogP contribution < -0.4 is 15.2 Å². The molecule has 0 spiro atoms. The fraction of sp³-hybridized carbons (Fsp3) is 0.379. The minimum Gasteiger partial charge on any atom is -0.493 e. The Kier molecular flexibility index (Phi) is 9.15. The summed E-state index contributed by atoms with van der Waals surface area (Å²) < 4.78 is 24.6. The number of benzene rings is 2. The second-order valence-electron chi connectivity index (χ2n) is 10.2. The van der Waals surface area contributed by atoms with Crippen molar-refractivity contribution in [3.05, 3.63) is 76.2 Å². The number of pyridine rings is 1. The van der Waals surface area contributed by atoms with Gasteiger partial charge in [0.25, 0.3) is 0 Å². The van der Waals surface area contributed by atoms with E-state index >= 15 is 0 Å². The SMILES string of the molecule is COc1cc(C(=O)CCC(C)(O)c2cc(C(C)(C)N)cc(-c3ccc(F)c(Cl)c3)n2)ccc1OC[C@@H](C)O. The van der Waals surface area contributed by atoms with Crippen LogP contribution in [-0.4, -0.2) is 40.8 Å². The third-order valence-corrected chi connectivity index (χ3v) is 6.43. The van der Waals surface area contributed by atoms with Gasteiger partial charge in [-0.2, -0.15) is 0 Å². The van der Waals surface area contributed by atoms with Crippen molar-refractivity contribution in [3.63, 3.8) is 0 Å². The van der Waals surface area contributed by atoms with Gasteiger partial charge < -0.3 is 25.4 Å². The first-order valence-electron chi connectivity index (χ1n) is 12.2. The molecular formula is C29H34ClFN2O5. The molecule has 0 aliphatic carbocycles. The molecule has 2 atom stereocenters. The van der Waals surface area contributed by atoms with Crippen LogP contribution >= 0.6 is 11.6 Å². The molecule has 1 aromatic heterocycles. The van der Waals surface area contributed by atoms with Gasteiger partial charge in [-0.25, -0.2) is 9.37 Å². The molecule has 0 aliphatic heterocycles. The summed E-state index contributed by atoms with van der Waals surface area (Å²) in [7, 11) is 1.47. The van der Waals surface area contributed by atoms with Gasteiger partial charge in [0.05, 0.1) is 29.6 Å². The number of carbonyl (C=O) groups excluding carboxylic acids is 1. The third-order valence-electron chi connectivity index (χ3n) is 6.14. The van der Waals surface area contributed by atoms with Gasteiger partial charge in [0.1, 0.15) is 18.0 Å². The number of Topliss-reactive ketones (excluding diaryl/α,β-unsaturated/α-hetero) is 1. The minimum absolute atomic E-state index is 0.0274. The fourth-order valence-corrected chi connectivity index (χ4v) is 3.96. The van der Waals surface area contributed by atoms with Crippen LogP contribution in [0.25, 0.3) is 11.3 Å². The van der Waals surface area contributed by atoms with E-state index in [9.17, 15) is 19.4 Å². The summed E-state index contributed by atoms with van der Waals surface area (Å²) in [6, 6.07) is 12.6. The summed E-state index contributed by atoms with van der Waals surface area (Å²) in [5.74, 6) is 0.0309. The Hall–Kier alpha value is -3.04. The number of methoxy groups -OCH3 is 1. The van der Waals surface area contributed by atoms with Gasteiger partial charge in [-0.1, -0.05) is 11.6 Å². The number of nitrogens with zero attached hydrogens (tertiary/aromatic N) is 1. The lowest BCUT2D eigenvalue weighted by atomic mass is 9.88. The van der Waals surface area contributed by atoms with Crippen LogP contribution in [0.1, 0.15) is 62.2 Å². The highest BCUT2D eigenvalue weighted by molar-refractivity contribution is 6.31. The van der Waals surface area contributed by atoms with Crippen LogP contribution in [-0.2, 0) is 11.1 Å². The van der Waals surface area contributed by atoms with E-state index in [-0.39, 0.29) is 30.3 Å². The van der Waals surface area contributed by atoms with Gasteiger partial charge in [0.2, 0.25) is 0 Å². The highest BCUT2D eigenvalue weighted by Gasteiger charge is 2.29. The molecule has 0 bridgehead atoms. The minimum atomic E-state index is -1.47. The van der Waals surface area contributed by atoms with Crippen LogP contribution in [0.2, 0.25) is 5.02 Å². The lowest BCUT2D eigenvalue weighted by Gasteiger charge is -2.27. The molecule has 1 heterocycles. The van der Waals surface area contributed by atoms with Gasteiger partial charge in [-0.15, -0.1) is 0 Å². The van der Waals surface area contributed by atoms with Crippen molar-refractivity contribution in [2.75, 3.05) is 13.7 Å². The molecule has 204 valence electrons. The Morgan fingerprint density at radius 3 is 2.45 bits per heavy atom. The number of aromatic nitrogens is 1. The predicted octanol–water partition coefficient (Wildman–Crippen LogP) is 5.37. The second kappa shape index (κ2) is 11.8. The van der Waals surface area contributed by atoms with E-state index in [2.05, 4.69) is 4.98 Å². The molecule has 9 heteroatoms. The maximum Gasteiger partial charge on any atom is 0.163 e. The number of ketones is 1. The molecule has 0 saturated heterocycles. The average molecular weight is 545 g/mol. The highest BCUT2D eigenvalue weighted by Crippen LogP contribution is 2.34. The fourth-order valence-electron chi connectivity index (χ4n) is 3.78. The van der Waals surface area contributed by atoms with Crippen LogP contribution in [0.5, 0.6) is 11.5 Å². The highest BCUT2D eigenvalue weighted by atomic mass is 35.5. The van der Waals surface area contributed by atoms with Crippen LogP contribution in [0.4, 0.5) is 4.39 Å². The first-order chi connectivity index (χ1) is 17.7. The van der Waals surface area contributed by atoms with Gasteiger partial charge in [-0.05, 0) is 88.2 Å². The van der Waals surface area contributed by atoms with E-state index in [1.54, 1.807) is 50.2 Å². The molecule has 4 N–H and O–H groups in total. The van der Waals surface area contributed by atoms with E-state index in [0.717, 1.165) is 0 Å². The van der Waals surface area contributed by atoms with Crippen molar-refractivity contribution in [3.8, 4) is 22.8 Å². The van der Waals surface area contributed by atoms with Crippen molar-refractivity contribution in [2.45, 2.75) is 57.8 Å². The third kappa shape index (κ3) is 7.29. The largest absolute Gasteiger partial charge is 0.493 e. The number of carbonyl (C=O) groups is 1. The molecule has 0 amide bonds. The number of aliphatic hydroxyl groups is 2. The smallest absolute Gasteiger partial charge is 0.163 e. The number of hydrogen-bond acceptors (Lipinski definition) is 7. The molecule has 38 heavy (non-hydrogen) atoms. The normalized spacial score (nSPS) is 14.1. The summed E-state index contributed by atoms with van der Waals surface area (Å²) in [6.07, 6.45) is -0.542. The average Bonchev–Trinajstić information content (AvgIpc) is 2.86. The van der Waals surface area contributed by atoms with Crippen molar-refractivity contribution >= 4 is 17.4 Å². The van der Waals surface area contributed by atoms with Gasteiger partial charge in [-0.3, -0.25) is 4.79 Å². The monoisotopic (exact) mass is 544 g/mol. The van der Waals surface area contributed by atoms with Crippen molar-refractivity contribution in [1.82, 2.24) is 4.98 Å². The zero-order valence-electron chi connectivity index (χ0n) is 22.2.